The third-order valence-corrected chi connectivity index (χ3v) is 4.82. The van der Waals surface area contributed by atoms with E-state index < -0.39 is 5.63 Å². The monoisotopic (exact) mass is 356 g/mol. The molecule has 0 aliphatic rings. The molecule has 0 aliphatic heterocycles. The number of hydrogen-bond donors (Lipinski definition) is 1. The van der Waals surface area contributed by atoms with Gasteiger partial charge in [0.1, 0.15) is 5.58 Å². The molecule has 6 nitrogen and oxygen atoms in total. The van der Waals surface area contributed by atoms with Crippen molar-refractivity contribution in [3.8, 4) is 10.6 Å². The number of fused-ring (bicyclic) bond motifs is 1. The lowest BCUT2D eigenvalue weighted by Gasteiger charge is -2.20. The molecule has 0 saturated carbocycles. The second-order valence-electron chi connectivity index (χ2n) is 5.42. The molecule has 3 rings (SSSR count). The average molecular weight is 356 g/mol. The summed E-state index contributed by atoms with van der Waals surface area (Å²) in [5.41, 5.74) is 1.63. The van der Waals surface area contributed by atoms with Gasteiger partial charge in [-0.1, -0.05) is 17.4 Å². The Morgan fingerprint density at radius 2 is 2.08 bits per heavy atom. The Balaban J connectivity index is 1.99. The summed E-state index contributed by atoms with van der Waals surface area (Å²) in [4.78, 5) is 14.6. The van der Waals surface area contributed by atoms with Gasteiger partial charge in [0.2, 0.25) is 5.13 Å². The topological polar surface area (TPSA) is 71.3 Å². The van der Waals surface area contributed by atoms with E-state index in [-0.39, 0.29) is 0 Å². The molecule has 25 heavy (non-hydrogen) atoms. The minimum atomic E-state index is -0.407. The third-order valence-electron chi connectivity index (χ3n) is 3.90. The molecule has 1 N–H and O–H groups in total. The van der Waals surface area contributed by atoms with Crippen LogP contribution in [0.25, 0.3) is 21.5 Å². The second-order valence-corrected chi connectivity index (χ2v) is 6.40. The van der Waals surface area contributed by atoms with Crippen molar-refractivity contribution in [3.63, 3.8) is 0 Å². The van der Waals surface area contributed by atoms with E-state index in [1.54, 1.807) is 6.08 Å². The zero-order valence-electron chi connectivity index (χ0n) is 14.3. The summed E-state index contributed by atoms with van der Waals surface area (Å²) < 4.78 is 5.54. The van der Waals surface area contributed by atoms with E-state index in [4.69, 9.17) is 4.42 Å². The molecule has 0 saturated heterocycles. The van der Waals surface area contributed by atoms with Crippen molar-refractivity contribution in [2.45, 2.75) is 13.8 Å². The van der Waals surface area contributed by atoms with Crippen LogP contribution in [0.5, 0.6) is 0 Å². The van der Waals surface area contributed by atoms with E-state index in [1.807, 2.05) is 24.3 Å². The normalized spacial score (nSPS) is 10.8. The smallest absolute Gasteiger partial charge is 0.346 e. The minimum absolute atomic E-state index is 0.407. The molecule has 0 radical (unpaired) electrons. The summed E-state index contributed by atoms with van der Waals surface area (Å²) in [5.74, 6) is 0. The van der Waals surface area contributed by atoms with Crippen molar-refractivity contribution >= 4 is 33.1 Å². The lowest BCUT2D eigenvalue weighted by Crippen LogP contribution is -2.21. The highest BCUT2D eigenvalue weighted by Crippen LogP contribution is 2.28. The standard InChI is InChI=1S/C18H20N4O2S/c1-4-9-19-18-21-20-16(25-18)14-10-12-7-8-13(22(5-2)6-3)11-15(12)24-17(14)23/h4,7-8,10-11H,1,5-6,9H2,2-3H3,(H,19,21). The summed E-state index contributed by atoms with van der Waals surface area (Å²) in [6, 6.07) is 7.72. The molecule has 2 aromatic heterocycles. The van der Waals surface area contributed by atoms with Gasteiger partial charge in [-0.15, -0.1) is 16.8 Å². The van der Waals surface area contributed by atoms with E-state index in [0.717, 1.165) is 24.2 Å². The van der Waals surface area contributed by atoms with Crippen molar-refractivity contribution in [1.29, 1.82) is 0 Å². The molecule has 0 atom stereocenters. The van der Waals surface area contributed by atoms with Gasteiger partial charge in [-0.05, 0) is 32.0 Å². The van der Waals surface area contributed by atoms with E-state index >= 15 is 0 Å². The van der Waals surface area contributed by atoms with Gasteiger partial charge in [-0.25, -0.2) is 4.79 Å². The van der Waals surface area contributed by atoms with Gasteiger partial charge < -0.3 is 14.6 Å². The zero-order chi connectivity index (χ0) is 17.8. The van der Waals surface area contributed by atoms with Gasteiger partial charge in [0.15, 0.2) is 5.01 Å². The molecule has 0 fully saturated rings. The number of nitrogens with zero attached hydrogens (tertiary/aromatic N) is 3. The van der Waals surface area contributed by atoms with Crippen LogP contribution < -0.4 is 15.8 Å². The molecule has 3 aromatic rings. The maximum Gasteiger partial charge on any atom is 0.346 e. The second kappa shape index (κ2) is 7.48. The highest BCUT2D eigenvalue weighted by Gasteiger charge is 2.14. The van der Waals surface area contributed by atoms with Crippen LogP contribution in [0.1, 0.15) is 13.8 Å². The summed E-state index contributed by atoms with van der Waals surface area (Å²) in [6.07, 6.45) is 1.74. The van der Waals surface area contributed by atoms with Crippen LogP contribution in [0.15, 0.2) is 46.1 Å². The van der Waals surface area contributed by atoms with Crippen LogP contribution in [0.2, 0.25) is 0 Å². The van der Waals surface area contributed by atoms with Crippen LogP contribution in [0, 0.1) is 0 Å². The SMILES string of the molecule is C=CCNc1nnc(-c2cc3ccc(N(CC)CC)cc3oc2=O)s1. The first kappa shape index (κ1) is 17.2. The maximum atomic E-state index is 12.4. The predicted molar refractivity (Wildman–Crippen MR) is 104 cm³/mol. The fourth-order valence-corrected chi connectivity index (χ4v) is 3.35. The minimum Gasteiger partial charge on any atom is -0.422 e. The summed E-state index contributed by atoms with van der Waals surface area (Å²) in [7, 11) is 0. The molecular formula is C18H20N4O2S. The van der Waals surface area contributed by atoms with Crippen LogP contribution in [-0.2, 0) is 0 Å². The molecule has 0 bridgehead atoms. The Morgan fingerprint density at radius 1 is 1.28 bits per heavy atom. The Bertz CT molecular complexity index is 944. The number of aromatic nitrogens is 2. The van der Waals surface area contributed by atoms with Crippen molar-refractivity contribution in [2.75, 3.05) is 29.9 Å². The molecular weight excluding hydrogens is 336 g/mol. The first-order valence-corrected chi connectivity index (χ1v) is 8.99. The van der Waals surface area contributed by atoms with Gasteiger partial charge in [-0.3, -0.25) is 0 Å². The first-order chi connectivity index (χ1) is 12.2. The third kappa shape index (κ3) is 3.56. The van der Waals surface area contributed by atoms with Crippen molar-refractivity contribution in [3.05, 3.63) is 47.3 Å². The lowest BCUT2D eigenvalue weighted by molar-refractivity contribution is 0.563. The van der Waals surface area contributed by atoms with Crippen molar-refractivity contribution in [2.24, 2.45) is 0 Å². The molecule has 7 heteroatoms. The summed E-state index contributed by atoms with van der Waals surface area (Å²) in [6.45, 7) is 10.2. The number of anilines is 2. The number of hydrogen-bond acceptors (Lipinski definition) is 7. The fraction of sp³-hybridized carbons (Fsp3) is 0.278. The number of nitrogens with one attached hydrogen (secondary N) is 1. The Labute approximate surface area is 149 Å². The van der Waals surface area contributed by atoms with Gasteiger partial charge in [0.05, 0.1) is 5.56 Å². The molecule has 1 aromatic carbocycles. The highest BCUT2D eigenvalue weighted by atomic mass is 32.1. The fourth-order valence-electron chi connectivity index (χ4n) is 2.60. The molecule has 2 heterocycles. The Hall–Kier alpha value is -2.67. The average Bonchev–Trinajstić information content (AvgIpc) is 3.09. The van der Waals surface area contributed by atoms with Crippen LogP contribution in [0.3, 0.4) is 0 Å². The zero-order valence-corrected chi connectivity index (χ0v) is 15.1. The van der Waals surface area contributed by atoms with Crippen molar-refractivity contribution in [1.82, 2.24) is 10.2 Å². The highest BCUT2D eigenvalue weighted by molar-refractivity contribution is 7.18. The van der Waals surface area contributed by atoms with Crippen LogP contribution in [-0.4, -0.2) is 29.8 Å². The molecule has 130 valence electrons. The van der Waals surface area contributed by atoms with Gasteiger partial charge in [0, 0.05) is 36.8 Å². The van der Waals surface area contributed by atoms with E-state index in [9.17, 15) is 4.79 Å². The van der Waals surface area contributed by atoms with Gasteiger partial charge in [-0.2, -0.15) is 0 Å². The molecule has 0 unspecified atom stereocenters. The Kier molecular flexibility index (Phi) is 5.14. The number of rotatable bonds is 7. The van der Waals surface area contributed by atoms with Crippen LogP contribution in [0.4, 0.5) is 10.8 Å². The Morgan fingerprint density at radius 3 is 2.80 bits per heavy atom. The van der Waals surface area contributed by atoms with E-state index in [2.05, 4.69) is 40.8 Å². The van der Waals surface area contributed by atoms with Gasteiger partial charge in [0.25, 0.3) is 0 Å². The van der Waals surface area contributed by atoms with Gasteiger partial charge >= 0.3 is 5.63 Å². The quantitative estimate of drug-likeness (QED) is 0.513. The molecule has 0 aliphatic carbocycles. The molecule has 0 spiro atoms. The number of benzene rings is 1. The van der Waals surface area contributed by atoms with E-state index in [0.29, 0.717) is 27.8 Å². The summed E-state index contributed by atoms with van der Waals surface area (Å²) >= 11 is 1.31. The maximum absolute atomic E-state index is 12.4. The largest absolute Gasteiger partial charge is 0.422 e. The lowest BCUT2D eigenvalue weighted by atomic mass is 10.1. The predicted octanol–water partition coefficient (Wildman–Crippen LogP) is 3.76. The molecule has 0 amide bonds. The van der Waals surface area contributed by atoms with Crippen LogP contribution >= 0.6 is 11.3 Å². The van der Waals surface area contributed by atoms with E-state index in [1.165, 1.54) is 11.3 Å². The summed E-state index contributed by atoms with van der Waals surface area (Å²) in [5, 5.41) is 13.2. The first-order valence-electron chi connectivity index (χ1n) is 8.17. The van der Waals surface area contributed by atoms with Crippen molar-refractivity contribution < 1.29 is 4.42 Å².